The van der Waals surface area contributed by atoms with Crippen LogP contribution in [0.5, 0.6) is 0 Å². The highest BCUT2D eigenvalue weighted by Crippen LogP contribution is 2.45. The summed E-state index contributed by atoms with van der Waals surface area (Å²) in [6.07, 6.45) is 4.14. The SMILES string of the molecule is IC1CCCC2c3ccccc3NC12. The maximum absolute atomic E-state index is 3.68. The van der Waals surface area contributed by atoms with Crippen molar-refractivity contribution >= 4 is 28.3 Å². The molecule has 0 bridgehead atoms. The maximum atomic E-state index is 3.68. The summed E-state index contributed by atoms with van der Waals surface area (Å²) >= 11 is 2.61. The third-order valence-electron chi connectivity index (χ3n) is 3.50. The molecule has 1 aromatic carbocycles. The van der Waals surface area contributed by atoms with Gasteiger partial charge in [0.2, 0.25) is 0 Å². The number of rotatable bonds is 0. The number of hydrogen-bond acceptors (Lipinski definition) is 1. The molecule has 2 heteroatoms. The van der Waals surface area contributed by atoms with E-state index in [0.29, 0.717) is 6.04 Å². The topological polar surface area (TPSA) is 12.0 Å². The van der Waals surface area contributed by atoms with E-state index >= 15 is 0 Å². The Labute approximate surface area is 98.4 Å². The zero-order valence-corrected chi connectivity index (χ0v) is 10.2. The Morgan fingerprint density at radius 3 is 3.00 bits per heavy atom. The molecule has 2 aliphatic rings. The van der Waals surface area contributed by atoms with Gasteiger partial charge in [0.1, 0.15) is 0 Å². The number of hydrogen-bond donors (Lipinski definition) is 1. The predicted molar refractivity (Wildman–Crippen MR) is 68.3 cm³/mol. The molecule has 1 saturated carbocycles. The Hall–Kier alpha value is -0.250. The summed E-state index contributed by atoms with van der Waals surface area (Å²) in [4.78, 5) is 0. The summed E-state index contributed by atoms with van der Waals surface area (Å²) in [5.74, 6) is 0.779. The molecule has 1 N–H and O–H groups in total. The second-order valence-electron chi connectivity index (χ2n) is 4.31. The zero-order valence-electron chi connectivity index (χ0n) is 8.04. The van der Waals surface area contributed by atoms with E-state index in [4.69, 9.17) is 0 Å². The van der Waals surface area contributed by atoms with Crippen LogP contribution in [0.15, 0.2) is 24.3 Å². The average molecular weight is 299 g/mol. The lowest BCUT2D eigenvalue weighted by Gasteiger charge is -2.30. The molecular weight excluding hydrogens is 285 g/mol. The molecule has 1 aliphatic carbocycles. The fourth-order valence-corrected chi connectivity index (χ4v) is 3.94. The molecule has 74 valence electrons. The number of nitrogens with one attached hydrogen (secondary N) is 1. The van der Waals surface area contributed by atoms with Crippen LogP contribution >= 0.6 is 22.6 Å². The van der Waals surface area contributed by atoms with Gasteiger partial charge in [-0.25, -0.2) is 0 Å². The molecule has 3 atom stereocenters. The highest BCUT2D eigenvalue weighted by molar-refractivity contribution is 14.1. The summed E-state index contributed by atoms with van der Waals surface area (Å²) < 4.78 is 0.804. The van der Waals surface area contributed by atoms with Crippen molar-refractivity contribution in [1.82, 2.24) is 0 Å². The molecule has 1 heterocycles. The summed E-state index contributed by atoms with van der Waals surface area (Å²) in [5, 5.41) is 3.68. The third-order valence-corrected chi connectivity index (χ3v) is 4.90. The van der Waals surface area contributed by atoms with Crippen molar-refractivity contribution in [3.05, 3.63) is 29.8 Å². The van der Waals surface area contributed by atoms with Gasteiger partial charge in [-0.2, -0.15) is 0 Å². The fourth-order valence-electron chi connectivity index (χ4n) is 2.82. The van der Waals surface area contributed by atoms with Crippen LogP contribution in [0.25, 0.3) is 0 Å². The number of para-hydroxylation sites is 1. The van der Waals surface area contributed by atoms with Crippen molar-refractivity contribution in [2.24, 2.45) is 0 Å². The van der Waals surface area contributed by atoms with Crippen LogP contribution in [-0.2, 0) is 0 Å². The van der Waals surface area contributed by atoms with E-state index in [1.807, 2.05) is 0 Å². The van der Waals surface area contributed by atoms with Crippen LogP contribution in [0.3, 0.4) is 0 Å². The van der Waals surface area contributed by atoms with E-state index < -0.39 is 0 Å². The predicted octanol–water partition coefficient (Wildman–Crippen LogP) is 3.55. The smallest absolute Gasteiger partial charge is 0.0448 e. The van der Waals surface area contributed by atoms with E-state index in [0.717, 1.165) is 9.84 Å². The Morgan fingerprint density at radius 1 is 1.21 bits per heavy atom. The molecule has 0 aromatic heterocycles. The van der Waals surface area contributed by atoms with E-state index in [1.54, 1.807) is 5.56 Å². The summed E-state index contributed by atoms with van der Waals surface area (Å²) in [7, 11) is 0. The van der Waals surface area contributed by atoms with Gasteiger partial charge in [-0.3, -0.25) is 0 Å². The molecule has 3 rings (SSSR count). The first kappa shape index (κ1) is 9.01. The zero-order chi connectivity index (χ0) is 9.54. The van der Waals surface area contributed by atoms with Crippen molar-refractivity contribution in [3.63, 3.8) is 0 Å². The van der Waals surface area contributed by atoms with Gasteiger partial charge in [0.25, 0.3) is 0 Å². The van der Waals surface area contributed by atoms with Gasteiger partial charge < -0.3 is 5.32 Å². The lowest BCUT2D eigenvalue weighted by Crippen LogP contribution is -2.34. The van der Waals surface area contributed by atoms with Gasteiger partial charge >= 0.3 is 0 Å². The molecule has 14 heavy (non-hydrogen) atoms. The molecule has 1 fully saturated rings. The number of halogens is 1. The standard InChI is InChI=1S/C12H14IN/c13-10-6-3-5-9-8-4-1-2-7-11(8)14-12(9)10/h1-2,4,7,9-10,12,14H,3,5-6H2. The van der Waals surface area contributed by atoms with Gasteiger partial charge in [-0.1, -0.05) is 47.2 Å². The van der Waals surface area contributed by atoms with E-state index in [9.17, 15) is 0 Å². The highest BCUT2D eigenvalue weighted by Gasteiger charge is 2.38. The van der Waals surface area contributed by atoms with E-state index in [-0.39, 0.29) is 0 Å². The van der Waals surface area contributed by atoms with Crippen LogP contribution in [0.2, 0.25) is 0 Å². The monoisotopic (exact) mass is 299 g/mol. The number of fused-ring (bicyclic) bond motifs is 3. The lowest BCUT2D eigenvalue weighted by atomic mass is 9.83. The molecule has 3 unspecified atom stereocenters. The highest BCUT2D eigenvalue weighted by atomic mass is 127. The summed E-state index contributed by atoms with van der Waals surface area (Å²) in [5.41, 5.74) is 2.94. The van der Waals surface area contributed by atoms with Crippen molar-refractivity contribution in [2.75, 3.05) is 5.32 Å². The van der Waals surface area contributed by atoms with Crippen LogP contribution in [-0.4, -0.2) is 9.97 Å². The first-order valence-corrected chi connectivity index (χ1v) is 6.60. The van der Waals surface area contributed by atoms with Crippen LogP contribution < -0.4 is 5.32 Å². The van der Waals surface area contributed by atoms with E-state index in [1.165, 1.54) is 24.9 Å². The Kier molecular flexibility index (Phi) is 2.19. The number of benzene rings is 1. The fraction of sp³-hybridized carbons (Fsp3) is 0.500. The molecule has 0 spiro atoms. The Morgan fingerprint density at radius 2 is 2.07 bits per heavy atom. The maximum Gasteiger partial charge on any atom is 0.0448 e. The Bertz CT molecular complexity index is 350. The summed E-state index contributed by atoms with van der Waals surface area (Å²) in [6.45, 7) is 0. The number of alkyl halides is 1. The van der Waals surface area contributed by atoms with Crippen LogP contribution in [0.1, 0.15) is 30.7 Å². The number of anilines is 1. The van der Waals surface area contributed by atoms with Crippen molar-refractivity contribution in [2.45, 2.75) is 35.1 Å². The first-order valence-electron chi connectivity index (χ1n) is 5.36. The van der Waals surface area contributed by atoms with Crippen LogP contribution in [0, 0.1) is 0 Å². The van der Waals surface area contributed by atoms with E-state index in [2.05, 4.69) is 52.2 Å². The lowest BCUT2D eigenvalue weighted by molar-refractivity contribution is 0.442. The third kappa shape index (κ3) is 1.27. The minimum absolute atomic E-state index is 0.696. The van der Waals surface area contributed by atoms with Gasteiger partial charge in [-0.15, -0.1) is 0 Å². The van der Waals surface area contributed by atoms with Gasteiger partial charge in [0, 0.05) is 21.6 Å². The minimum Gasteiger partial charge on any atom is -0.380 e. The second kappa shape index (κ2) is 3.40. The van der Waals surface area contributed by atoms with Gasteiger partial charge in [-0.05, 0) is 24.5 Å². The molecule has 1 aromatic rings. The van der Waals surface area contributed by atoms with Crippen molar-refractivity contribution in [3.8, 4) is 0 Å². The quantitative estimate of drug-likeness (QED) is 0.570. The average Bonchev–Trinajstić information content (AvgIpc) is 2.59. The second-order valence-corrected chi connectivity index (χ2v) is 5.91. The normalized spacial score (nSPS) is 34.5. The molecule has 1 aliphatic heterocycles. The molecule has 1 nitrogen and oxygen atoms in total. The molecule has 0 saturated heterocycles. The minimum atomic E-state index is 0.696. The van der Waals surface area contributed by atoms with Gasteiger partial charge in [0.15, 0.2) is 0 Å². The summed E-state index contributed by atoms with van der Waals surface area (Å²) in [6, 6.07) is 9.51. The van der Waals surface area contributed by atoms with Crippen LogP contribution in [0.4, 0.5) is 5.69 Å². The largest absolute Gasteiger partial charge is 0.380 e. The van der Waals surface area contributed by atoms with Crippen molar-refractivity contribution < 1.29 is 0 Å². The Balaban J connectivity index is 2.00. The first-order chi connectivity index (χ1) is 6.86. The molecule has 0 amide bonds. The van der Waals surface area contributed by atoms with Gasteiger partial charge in [0.05, 0.1) is 0 Å². The van der Waals surface area contributed by atoms with Crippen molar-refractivity contribution in [1.29, 1.82) is 0 Å². The molecule has 0 radical (unpaired) electrons. The molecular formula is C12H14IN.